The molecule has 0 spiro atoms. The van der Waals surface area contributed by atoms with Gasteiger partial charge in [-0.3, -0.25) is 4.79 Å². The lowest BCUT2D eigenvalue weighted by Gasteiger charge is -2.24. The summed E-state index contributed by atoms with van der Waals surface area (Å²) in [6, 6.07) is 13.3. The summed E-state index contributed by atoms with van der Waals surface area (Å²) < 4.78 is 38.2. The quantitative estimate of drug-likeness (QED) is 0.525. The Kier molecular flexibility index (Phi) is 8.13. The van der Waals surface area contributed by atoms with Gasteiger partial charge >= 0.3 is 6.09 Å². The normalized spacial score (nSPS) is 11.6. The van der Waals surface area contributed by atoms with E-state index in [1.165, 1.54) is 18.1 Å². The van der Waals surface area contributed by atoms with E-state index < -0.39 is 29.7 Å². The molecule has 178 valence electrons. The number of aromatic nitrogens is 1. The van der Waals surface area contributed by atoms with Gasteiger partial charge in [-0.05, 0) is 49.7 Å². The first-order valence-corrected chi connectivity index (χ1v) is 10.6. The van der Waals surface area contributed by atoms with Crippen molar-refractivity contribution in [3.8, 4) is 11.6 Å². The first-order chi connectivity index (χ1) is 16.2. The summed E-state index contributed by atoms with van der Waals surface area (Å²) >= 11 is 0. The zero-order valence-corrected chi connectivity index (χ0v) is 19.0. The fourth-order valence-electron chi connectivity index (χ4n) is 3.17. The van der Waals surface area contributed by atoms with Crippen molar-refractivity contribution >= 4 is 17.7 Å². The fraction of sp³-hybridized carbons (Fsp3) is 0.240. The summed E-state index contributed by atoms with van der Waals surface area (Å²) in [4.78, 5) is 31.2. The number of benzene rings is 2. The lowest BCUT2D eigenvalue weighted by Crippen LogP contribution is -2.49. The summed E-state index contributed by atoms with van der Waals surface area (Å²) in [6.45, 7) is 3.73. The predicted octanol–water partition coefficient (Wildman–Crippen LogP) is 4.51. The molecule has 1 aromatic heterocycles. The monoisotopic (exact) mass is 469 g/mol. The Bertz CT molecular complexity index is 1100. The van der Waals surface area contributed by atoms with Crippen molar-refractivity contribution in [2.45, 2.75) is 32.4 Å². The zero-order chi connectivity index (χ0) is 24.7. The van der Waals surface area contributed by atoms with Gasteiger partial charge < -0.3 is 19.7 Å². The second-order valence-electron chi connectivity index (χ2n) is 7.80. The number of nitrogens with one attached hydrogen (secondary N) is 1. The van der Waals surface area contributed by atoms with Crippen molar-refractivity contribution in [1.82, 2.24) is 10.3 Å². The van der Waals surface area contributed by atoms with Gasteiger partial charge in [0.2, 0.25) is 11.8 Å². The molecule has 3 rings (SSSR count). The Balaban J connectivity index is 1.80. The summed E-state index contributed by atoms with van der Waals surface area (Å²) in [5, 5.41) is 2.50. The number of halogens is 2. The van der Waals surface area contributed by atoms with Gasteiger partial charge in [0.1, 0.15) is 23.4 Å². The first-order valence-electron chi connectivity index (χ1n) is 10.6. The van der Waals surface area contributed by atoms with Gasteiger partial charge in [0.05, 0.1) is 18.0 Å². The molecular formula is C25H25F2N3O4. The lowest BCUT2D eigenvalue weighted by molar-refractivity contribution is -0.120. The van der Waals surface area contributed by atoms with Crippen molar-refractivity contribution in [3.05, 3.63) is 84.1 Å². The third-order valence-electron chi connectivity index (χ3n) is 4.70. The third kappa shape index (κ3) is 6.99. The summed E-state index contributed by atoms with van der Waals surface area (Å²) in [7, 11) is 1.51. The van der Waals surface area contributed by atoms with E-state index in [1.54, 1.807) is 42.5 Å². The van der Waals surface area contributed by atoms with Gasteiger partial charge in [-0.1, -0.05) is 18.2 Å². The van der Waals surface area contributed by atoms with Crippen molar-refractivity contribution in [2.75, 3.05) is 11.9 Å². The largest absolute Gasteiger partial charge is 0.475 e. The minimum absolute atomic E-state index is 0.0615. The zero-order valence-electron chi connectivity index (χ0n) is 19.0. The molecule has 1 N–H and O–H groups in total. The molecule has 0 bridgehead atoms. The maximum atomic E-state index is 13.7. The van der Waals surface area contributed by atoms with Gasteiger partial charge in [0.25, 0.3) is 0 Å². The topological polar surface area (TPSA) is 80.8 Å². The molecule has 2 amide bonds. The molecule has 0 fully saturated rings. The highest BCUT2D eigenvalue weighted by Gasteiger charge is 2.27. The van der Waals surface area contributed by atoms with Crippen LogP contribution in [0.25, 0.3) is 0 Å². The van der Waals surface area contributed by atoms with Crippen molar-refractivity contribution in [2.24, 2.45) is 0 Å². The van der Waals surface area contributed by atoms with Crippen LogP contribution in [-0.2, 0) is 11.2 Å². The fourth-order valence-corrected chi connectivity index (χ4v) is 3.17. The molecule has 0 aliphatic heterocycles. The minimum atomic E-state index is -1.17. The van der Waals surface area contributed by atoms with Crippen LogP contribution in [0.15, 0.2) is 66.9 Å². The first kappa shape index (κ1) is 24.6. The number of carbonyl (C=O) groups excluding carboxylic acids is 2. The van der Waals surface area contributed by atoms with Crippen LogP contribution in [0.3, 0.4) is 0 Å². The van der Waals surface area contributed by atoms with E-state index >= 15 is 0 Å². The van der Waals surface area contributed by atoms with Gasteiger partial charge in [-0.2, -0.15) is 0 Å². The van der Waals surface area contributed by atoms with E-state index in [2.05, 4.69) is 10.3 Å². The van der Waals surface area contributed by atoms with Gasteiger partial charge in [-0.15, -0.1) is 0 Å². The number of anilines is 1. The van der Waals surface area contributed by atoms with E-state index in [1.807, 2.05) is 13.8 Å². The third-order valence-corrected chi connectivity index (χ3v) is 4.70. The van der Waals surface area contributed by atoms with Crippen LogP contribution in [-0.4, -0.2) is 36.2 Å². The average Bonchev–Trinajstić information content (AvgIpc) is 2.78. The number of hydrogen-bond acceptors (Lipinski definition) is 5. The maximum Gasteiger partial charge on any atom is 0.413 e. The lowest BCUT2D eigenvalue weighted by atomic mass is 10.0. The second kappa shape index (κ2) is 11.2. The molecule has 0 radical (unpaired) electrons. The summed E-state index contributed by atoms with van der Waals surface area (Å²) in [6.07, 6.45) is 0.350. The number of pyridine rings is 1. The second-order valence-corrected chi connectivity index (χ2v) is 7.80. The van der Waals surface area contributed by atoms with Crippen LogP contribution in [0.2, 0.25) is 0 Å². The van der Waals surface area contributed by atoms with Crippen LogP contribution >= 0.6 is 0 Å². The van der Waals surface area contributed by atoms with Crippen LogP contribution in [0.5, 0.6) is 11.6 Å². The van der Waals surface area contributed by atoms with Gasteiger partial charge in [0, 0.05) is 25.6 Å². The smallest absolute Gasteiger partial charge is 0.413 e. The molecule has 0 unspecified atom stereocenters. The van der Waals surface area contributed by atoms with Crippen molar-refractivity contribution < 1.29 is 27.8 Å². The number of ether oxygens (including phenoxy) is 2. The summed E-state index contributed by atoms with van der Waals surface area (Å²) in [5.41, 5.74) is 0.637. The Morgan fingerprint density at radius 1 is 1.03 bits per heavy atom. The van der Waals surface area contributed by atoms with Gasteiger partial charge in [0.15, 0.2) is 0 Å². The molecular weight excluding hydrogens is 444 g/mol. The highest BCUT2D eigenvalue weighted by atomic mass is 19.1. The number of carbonyl (C=O) groups is 2. The molecule has 1 atom stereocenters. The molecule has 0 saturated carbocycles. The van der Waals surface area contributed by atoms with Crippen molar-refractivity contribution in [3.63, 3.8) is 0 Å². The molecule has 0 saturated heterocycles. The summed E-state index contributed by atoms with van der Waals surface area (Å²) in [5.74, 6) is -1.43. The van der Waals surface area contributed by atoms with Crippen molar-refractivity contribution in [1.29, 1.82) is 0 Å². The molecule has 9 heteroatoms. The van der Waals surface area contributed by atoms with E-state index in [0.29, 0.717) is 11.6 Å². The highest BCUT2D eigenvalue weighted by molar-refractivity contribution is 5.98. The molecule has 2 aromatic carbocycles. The number of nitrogens with zero attached hydrogens (tertiary/aromatic N) is 2. The molecule has 3 aromatic rings. The molecule has 1 heterocycles. The Labute approximate surface area is 196 Å². The predicted molar refractivity (Wildman–Crippen MR) is 123 cm³/mol. The molecule has 0 aliphatic rings. The van der Waals surface area contributed by atoms with Crippen LogP contribution in [0.4, 0.5) is 19.3 Å². The van der Waals surface area contributed by atoms with E-state index in [0.717, 1.165) is 18.2 Å². The minimum Gasteiger partial charge on any atom is -0.475 e. The molecule has 7 nitrogen and oxygen atoms in total. The number of rotatable bonds is 8. The molecule has 0 aliphatic carbocycles. The van der Waals surface area contributed by atoms with E-state index in [9.17, 15) is 18.4 Å². The van der Waals surface area contributed by atoms with Crippen LogP contribution in [0.1, 0.15) is 19.4 Å². The highest BCUT2D eigenvalue weighted by Crippen LogP contribution is 2.19. The van der Waals surface area contributed by atoms with E-state index in [-0.39, 0.29) is 23.8 Å². The Morgan fingerprint density at radius 3 is 2.29 bits per heavy atom. The molecule has 34 heavy (non-hydrogen) atoms. The number of likely N-dealkylation sites (N-methyl/N-ethyl adjacent to an activating group) is 1. The average molecular weight is 469 g/mol. The number of para-hydroxylation sites is 1. The Morgan fingerprint density at radius 2 is 1.71 bits per heavy atom. The standard InChI is InChI=1S/C25H25F2N3O4/c1-16(2)33-23-10-9-20(15-28-23)30(3)24(31)22(13-17-11-18(26)14-19(27)12-17)29-25(32)34-21-7-5-4-6-8-21/h4-12,14-16,22H,13H2,1-3H3,(H,29,32)/t22-/m0/s1. The van der Waals surface area contributed by atoms with Gasteiger partial charge in [-0.25, -0.2) is 18.6 Å². The van der Waals surface area contributed by atoms with Crippen LogP contribution < -0.4 is 19.7 Å². The maximum absolute atomic E-state index is 13.7. The van der Waals surface area contributed by atoms with Crippen LogP contribution in [0, 0.1) is 11.6 Å². The SMILES string of the molecule is CC(C)Oc1ccc(N(C)C(=O)[C@H](Cc2cc(F)cc(F)c2)NC(=O)Oc2ccccc2)cn1. The number of hydrogen-bond donors (Lipinski definition) is 1. The van der Waals surface area contributed by atoms with E-state index in [4.69, 9.17) is 9.47 Å². The Hall–Kier alpha value is -4.01. The number of amides is 2.